The van der Waals surface area contributed by atoms with Crippen molar-refractivity contribution >= 4 is 0 Å². The Morgan fingerprint density at radius 3 is 1.10 bits per heavy atom. The van der Waals surface area contributed by atoms with E-state index in [2.05, 4.69) is 6.92 Å². The van der Waals surface area contributed by atoms with Crippen LogP contribution in [0.5, 0.6) is 0 Å². The average molecular weight is 511 g/mol. The number of hydrogen-bond acceptors (Lipinski definition) is 0. The van der Waals surface area contributed by atoms with E-state index in [0.717, 1.165) is 86.6 Å². The Balaban J connectivity index is 0.922. The molecular weight excluding hydrogens is 480 g/mol. The van der Waals surface area contributed by atoms with Gasteiger partial charge in [-0.25, -0.2) is 0 Å². The van der Waals surface area contributed by atoms with E-state index < -0.39 is 0 Å². The molecule has 190 valence electrons. The van der Waals surface area contributed by atoms with Gasteiger partial charge in [-0.15, -0.1) is 0 Å². The second-order valence-electron chi connectivity index (χ2n) is 25.1. The molecule has 26 aliphatic rings. The average Bonchev–Trinajstić information content (AvgIpc) is 2.91. The van der Waals surface area contributed by atoms with Crippen LogP contribution in [0.3, 0.4) is 0 Å². The third kappa shape index (κ3) is 0.346. The fourth-order valence-electron chi connectivity index (χ4n) is 40.4. The van der Waals surface area contributed by atoms with Gasteiger partial charge in [0.15, 0.2) is 0 Å². The minimum absolute atomic E-state index is 0.953. The maximum Gasteiger partial charge on any atom is -0.00502 e. The molecule has 26 saturated carbocycles. The van der Waals surface area contributed by atoms with Gasteiger partial charge in [0, 0.05) is 0 Å². The summed E-state index contributed by atoms with van der Waals surface area (Å²) in [5, 5.41) is 0. The summed E-state index contributed by atoms with van der Waals surface area (Å²) < 4.78 is 0. The van der Waals surface area contributed by atoms with E-state index in [4.69, 9.17) is 0 Å². The smallest absolute Gasteiger partial charge is 0.00502 e. The van der Waals surface area contributed by atoms with Crippen LogP contribution < -0.4 is 0 Å². The molecule has 35 unspecified atom stereocenters. The standard InChI is InChI=1S/C40H30/c1-25-26-6-2-10(26)15-19-22-20-16-12-4-8-9-5-13-17-21-24-23-18-14-11-3-7(6)27(11,26)30(14,25)34(18)31(15,25)35(19)38(23,34)40(24)37(21)33(17)29(9,13)28(8,12)32(16,33)36(20,37)39(22,35)40/h6-24H,2-5H2,1H3. The highest BCUT2D eigenvalue weighted by atomic mass is 15.6. The number of rotatable bonds is 0. The van der Waals surface area contributed by atoms with Gasteiger partial charge in [0.1, 0.15) is 0 Å². The lowest BCUT2D eigenvalue weighted by Crippen LogP contribution is -3.50. The van der Waals surface area contributed by atoms with Crippen LogP contribution in [0.4, 0.5) is 0 Å². The molecule has 0 aromatic heterocycles. The molecular formula is C40H30. The predicted octanol–water partition coefficient (Wildman–Crippen LogP) is 4.41. The van der Waals surface area contributed by atoms with Crippen molar-refractivity contribution in [1.29, 1.82) is 0 Å². The topological polar surface area (TPSA) is 0 Å². The van der Waals surface area contributed by atoms with Crippen LogP contribution in [-0.2, 0) is 0 Å². The van der Waals surface area contributed by atoms with Crippen molar-refractivity contribution in [1.82, 2.24) is 0 Å². The Hall–Kier alpha value is 0. The summed E-state index contributed by atoms with van der Waals surface area (Å²) in [4.78, 5) is 0. The van der Waals surface area contributed by atoms with E-state index in [1.54, 1.807) is 25.7 Å². The third-order valence-electron chi connectivity index (χ3n) is 32.8. The van der Waals surface area contributed by atoms with Crippen LogP contribution in [0.25, 0.3) is 0 Å². The summed E-state index contributed by atoms with van der Waals surface area (Å²) in [5.41, 5.74) is 17.2. The largest absolute Gasteiger partial charge is 0.0579 e. The zero-order chi connectivity index (χ0) is 22.8. The predicted molar refractivity (Wildman–Crippen MR) is 129 cm³/mol. The lowest BCUT2D eigenvalue weighted by atomic mass is 8.50. The molecule has 0 N–H and O–H groups in total. The highest BCUT2D eigenvalue weighted by molar-refractivity contribution is 5.99. The first kappa shape index (κ1) is 14.4. The Labute approximate surface area is 231 Å². The van der Waals surface area contributed by atoms with Crippen molar-refractivity contribution in [3.8, 4) is 0 Å². The van der Waals surface area contributed by atoms with Gasteiger partial charge in [-0.1, -0.05) is 6.92 Å². The minimum Gasteiger partial charge on any atom is -0.0579 e. The lowest BCUT2D eigenvalue weighted by molar-refractivity contribution is -1.07. The van der Waals surface area contributed by atoms with Crippen molar-refractivity contribution in [2.75, 3.05) is 0 Å². The second kappa shape index (κ2) is 2.28. The molecule has 0 nitrogen and oxygen atoms in total. The Kier molecular flexibility index (Phi) is 0.822. The van der Waals surface area contributed by atoms with Crippen molar-refractivity contribution in [3.63, 3.8) is 0 Å². The summed E-state index contributed by atoms with van der Waals surface area (Å²) in [6.45, 7) is 3.18. The summed E-state index contributed by atoms with van der Waals surface area (Å²) in [6.07, 6.45) is 7.18. The molecule has 0 aromatic rings. The Morgan fingerprint density at radius 2 is 0.575 bits per heavy atom. The van der Waals surface area contributed by atoms with Crippen molar-refractivity contribution in [2.24, 2.45) is 199 Å². The molecule has 15 spiro atoms. The first-order valence-electron chi connectivity index (χ1n) is 19.8. The van der Waals surface area contributed by atoms with Crippen LogP contribution in [0.1, 0.15) is 32.6 Å². The zero-order valence-corrected chi connectivity index (χ0v) is 22.8. The molecule has 26 aliphatic carbocycles. The van der Waals surface area contributed by atoms with Gasteiger partial charge in [0.05, 0.1) is 0 Å². The molecule has 0 heterocycles. The maximum absolute atomic E-state index is 3.18. The molecule has 0 heteroatoms. The Morgan fingerprint density at radius 1 is 0.275 bits per heavy atom. The molecule has 0 aromatic carbocycles. The highest BCUT2D eigenvalue weighted by Gasteiger charge is 3.54. The van der Waals surface area contributed by atoms with Gasteiger partial charge >= 0.3 is 0 Å². The quantitative estimate of drug-likeness (QED) is 0.453. The zero-order valence-electron chi connectivity index (χ0n) is 22.8. The number of fused-ring (bicyclic) bond motifs is 15. The van der Waals surface area contributed by atoms with Gasteiger partial charge in [-0.05, 0) is 225 Å². The second-order valence-corrected chi connectivity index (χ2v) is 25.1. The van der Waals surface area contributed by atoms with Gasteiger partial charge in [-0.2, -0.15) is 0 Å². The maximum atomic E-state index is 3.18. The summed E-state index contributed by atoms with van der Waals surface area (Å²) in [5.74, 6) is 25.8. The van der Waals surface area contributed by atoms with E-state index in [0.29, 0.717) is 0 Å². The van der Waals surface area contributed by atoms with Crippen LogP contribution in [0.15, 0.2) is 0 Å². The summed E-state index contributed by atoms with van der Waals surface area (Å²) >= 11 is 0. The van der Waals surface area contributed by atoms with Gasteiger partial charge < -0.3 is 0 Å². The minimum atomic E-state index is 0.953. The normalized spacial score (nSPS) is 131. The molecule has 0 bridgehead atoms. The van der Waals surface area contributed by atoms with Gasteiger partial charge in [-0.3, -0.25) is 0 Å². The van der Waals surface area contributed by atoms with E-state index >= 15 is 0 Å². The number of hydrogen-bond donors (Lipinski definition) is 0. The van der Waals surface area contributed by atoms with Crippen LogP contribution in [0.2, 0.25) is 0 Å². The molecule has 0 aliphatic heterocycles. The first-order valence-corrected chi connectivity index (χ1v) is 19.8. The van der Waals surface area contributed by atoms with Crippen LogP contribution >= 0.6 is 0 Å². The van der Waals surface area contributed by atoms with E-state index in [-0.39, 0.29) is 0 Å². The van der Waals surface area contributed by atoms with Crippen molar-refractivity contribution in [3.05, 3.63) is 0 Å². The Bertz CT molecular complexity index is 2280. The first-order chi connectivity index (χ1) is 19.8. The SMILES string of the molecule is CC12C34C5CC3C3C6C7C8C9C%10CC%11C%12CC%13C%14C%15C%16C%17C%18C%19C%20CC5C%204C%191C%181C32C62C%171C%161C%153C%144C%12%13C%11%10C94C83C721. The highest BCUT2D eigenvalue weighted by Crippen LogP contribution is 3.55. The summed E-state index contributed by atoms with van der Waals surface area (Å²) in [6, 6.07) is 0. The fraction of sp³-hybridized carbons (Fsp3) is 1.00. The molecule has 26 fully saturated rings. The van der Waals surface area contributed by atoms with Crippen LogP contribution in [0, 0.1) is 199 Å². The lowest BCUT2D eigenvalue weighted by Gasteiger charge is -3.52. The van der Waals surface area contributed by atoms with Gasteiger partial charge in [0.2, 0.25) is 0 Å². The molecule has 35 atom stereocenters. The van der Waals surface area contributed by atoms with E-state index in [1.165, 1.54) is 112 Å². The van der Waals surface area contributed by atoms with Crippen molar-refractivity contribution < 1.29 is 0 Å². The monoisotopic (exact) mass is 510 g/mol. The van der Waals surface area contributed by atoms with Gasteiger partial charge in [0.25, 0.3) is 0 Å². The molecule has 40 heavy (non-hydrogen) atoms. The van der Waals surface area contributed by atoms with E-state index in [9.17, 15) is 0 Å². The molecule has 0 saturated heterocycles. The fourth-order valence-corrected chi connectivity index (χ4v) is 40.4. The molecule has 0 amide bonds. The van der Waals surface area contributed by atoms with Crippen molar-refractivity contribution in [2.45, 2.75) is 32.6 Å². The third-order valence-corrected chi connectivity index (χ3v) is 32.8. The summed E-state index contributed by atoms with van der Waals surface area (Å²) in [7, 11) is 0. The molecule has 0 radical (unpaired) electrons. The van der Waals surface area contributed by atoms with Crippen LogP contribution in [-0.4, -0.2) is 0 Å². The molecule has 26 rings (SSSR count). The van der Waals surface area contributed by atoms with E-state index in [1.807, 2.05) is 0 Å².